The fraction of sp³-hybridized carbons (Fsp3) is 0.167. The van der Waals surface area contributed by atoms with Crippen molar-refractivity contribution < 1.29 is 4.39 Å². The van der Waals surface area contributed by atoms with E-state index in [9.17, 15) is 4.39 Å². The van der Waals surface area contributed by atoms with Gasteiger partial charge in [-0.25, -0.2) is 14.4 Å². The summed E-state index contributed by atoms with van der Waals surface area (Å²) in [5.74, 6) is 0.242. The molecule has 2 nitrogen and oxygen atoms in total. The molecule has 1 aromatic heterocycles. The SMILES string of the molecule is Cc1nc(-c2ccc(F)cc2)nc(Cl)c1C. The first-order valence-corrected chi connectivity index (χ1v) is 5.22. The summed E-state index contributed by atoms with van der Waals surface area (Å²) in [6.07, 6.45) is 0. The number of hydrogen-bond acceptors (Lipinski definition) is 2. The summed E-state index contributed by atoms with van der Waals surface area (Å²) in [5, 5.41) is 0.437. The molecule has 82 valence electrons. The predicted molar refractivity (Wildman–Crippen MR) is 61.9 cm³/mol. The standard InChI is InChI=1S/C12H10ClFN2/c1-7-8(2)15-12(16-11(7)13)9-3-5-10(14)6-4-9/h3-6H,1-2H3. The molecule has 0 unspecified atom stereocenters. The number of aryl methyl sites for hydroxylation is 1. The first-order valence-electron chi connectivity index (χ1n) is 4.84. The molecule has 16 heavy (non-hydrogen) atoms. The van der Waals surface area contributed by atoms with Crippen LogP contribution in [0.1, 0.15) is 11.3 Å². The van der Waals surface area contributed by atoms with Crippen molar-refractivity contribution in [3.8, 4) is 11.4 Å². The Morgan fingerprint density at radius 2 is 1.69 bits per heavy atom. The van der Waals surface area contributed by atoms with Crippen molar-refractivity contribution in [3.05, 3.63) is 46.5 Å². The van der Waals surface area contributed by atoms with Gasteiger partial charge in [-0.2, -0.15) is 0 Å². The summed E-state index contributed by atoms with van der Waals surface area (Å²) < 4.78 is 12.8. The highest BCUT2D eigenvalue weighted by molar-refractivity contribution is 6.30. The minimum Gasteiger partial charge on any atom is -0.233 e. The van der Waals surface area contributed by atoms with Crippen molar-refractivity contribution in [1.29, 1.82) is 0 Å². The Labute approximate surface area is 98.1 Å². The lowest BCUT2D eigenvalue weighted by Crippen LogP contribution is -1.96. The highest BCUT2D eigenvalue weighted by Crippen LogP contribution is 2.21. The summed E-state index contributed by atoms with van der Waals surface area (Å²) in [5.41, 5.74) is 2.46. The molecular weight excluding hydrogens is 227 g/mol. The van der Waals surface area contributed by atoms with Gasteiger partial charge in [-0.05, 0) is 38.1 Å². The molecule has 0 amide bonds. The number of benzene rings is 1. The summed E-state index contributed by atoms with van der Waals surface area (Å²) in [6, 6.07) is 6.02. The normalized spacial score (nSPS) is 10.5. The minimum atomic E-state index is -0.279. The van der Waals surface area contributed by atoms with Gasteiger partial charge < -0.3 is 0 Å². The predicted octanol–water partition coefficient (Wildman–Crippen LogP) is 3.55. The van der Waals surface area contributed by atoms with Crippen LogP contribution in [0.5, 0.6) is 0 Å². The van der Waals surface area contributed by atoms with Crippen LogP contribution in [0.3, 0.4) is 0 Å². The summed E-state index contributed by atoms with van der Waals surface area (Å²) >= 11 is 5.98. The summed E-state index contributed by atoms with van der Waals surface area (Å²) in [4.78, 5) is 8.48. The van der Waals surface area contributed by atoms with E-state index in [4.69, 9.17) is 11.6 Å². The van der Waals surface area contributed by atoms with Gasteiger partial charge in [0, 0.05) is 16.8 Å². The van der Waals surface area contributed by atoms with E-state index >= 15 is 0 Å². The summed E-state index contributed by atoms with van der Waals surface area (Å²) in [7, 11) is 0. The van der Waals surface area contributed by atoms with E-state index < -0.39 is 0 Å². The van der Waals surface area contributed by atoms with Crippen molar-refractivity contribution in [2.24, 2.45) is 0 Å². The van der Waals surface area contributed by atoms with Crippen LogP contribution in [0.2, 0.25) is 5.15 Å². The average Bonchev–Trinajstić information content (AvgIpc) is 2.26. The zero-order chi connectivity index (χ0) is 11.7. The topological polar surface area (TPSA) is 25.8 Å². The van der Waals surface area contributed by atoms with Gasteiger partial charge in [0.25, 0.3) is 0 Å². The van der Waals surface area contributed by atoms with Crippen LogP contribution in [0.25, 0.3) is 11.4 Å². The Bertz CT molecular complexity index is 500. The third-order valence-corrected chi connectivity index (χ3v) is 2.80. The van der Waals surface area contributed by atoms with Crippen LogP contribution in [-0.2, 0) is 0 Å². The van der Waals surface area contributed by atoms with Crippen LogP contribution in [0.4, 0.5) is 4.39 Å². The number of hydrogen-bond donors (Lipinski definition) is 0. The van der Waals surface area contributed by atoms with Crippen LogP contribution in [-0.4, -0.2) is 9.97 Å². The Kier molecular flexibility index (Phi) is 2.88. The van der Waals surface area contributed by atoms with Gasteiger partial charge in [-0.1, -0.05) is 11.6 Å². The largest absolute Gasteiger partial charge is 0.233 e. The molecule has 0 radical (unpaired) electrons. The molecule has 0 N–H and O–H groups in total. The second-order valence-electron chi connectivity index (χ2n) is 3.56. The van der Waals surface area contributed by atoms with Crippen molar-refractivity contribution in [2.45, 2.75) is 13.8 Å². The Hall–Kier alpha value is -1.48. The lowest BCUT2D eigenvalue weighted by Gasteiger charge is -2.05. The first-order chi connectivity index (χ1) is 7.58. The van der Waals surface area contributed by atoms with Crippen molar-refractivity contribution >= 4 is 11.6 Å². The molecular formula is C12H10ClFN2. The van der Waals surface area contributed by atoms with Crippen LogP contribution < -0.4 is 0 Å². The van der Waals surface area contributed by atoms with E-state index in [2.05, 4.69) is 9.97 Å². The molecule has 0 spiro atoms. The third kappa shape index (κ3) is 2.04. The van der Waals surface area contributed by atoms with Crippen molar-refractivity contribution in [1.82, 2.24) is 9.97 Å². The Morgan fingerprint density at radius 3 is 2.25 bits per heavy atom. The molecule has 0 bridgehead atoms. The third-order valence-electron chi connectivity index (χ3n) is 2.43. The quantitative estimate of drug-likeness (QED) is 0.708. The lowest BCUT2D eigenvalue weighted by molar-refractivity contribution is 0.628. The Balaban J connectivity index is 2.52. The van der Waals surface area contributed by atoms with E-state index in [1.807, 2.05) is 13.8 Å². The molecule has 0 aliphatic heterocycles. The van der Waals surface area contributed by atoms with Gasteiger partial charge >= 0.3 is 0 Å². The smallest absolute Gasteiger partial charge is 0.161 e. The van der Waals surface area contributed by atoms with Crippen LogP contribution >= 0.6 is 11.6 Å². The monoisotopic (exact) mass is 236 g/mol. The van der Waals surface area contributed by atoms with Gasteiger partial charge in [0.2, 0.25) is 0 Å². The molecule has 0 saturated carbocycles. The van der Waals surface area contributed by atoms with Gasteiger partial charge in [0.1, 0.15) is 11.0 Å². The Morgan fingerprint density at radius 1 is 1.06 bits per heavy atom. The number of halogens is 2. The minimum absolute atomic E-state index is 0.279. The highest BCUT2D eigenvalue weighted by atomic mass is 35.5. The van der Waals surface area contributed by atoms with E-state index in [1.165, 1.54) is 12.1 Å². The van der Waals surface area contributed by atoms with Gasteiger partial charge in [-0.3, -0.25) is 0 Å². The zero-order valence-electron chi connectivity index (χ0n) is 8.96. The maximum absolute atomic E-state index is 12.8. The number of rotatable bonds is 1. The van der Waals surface area contributed by atoms with Gasteiger partial charge in [0.05, 0.1) is 0 Å². The molecule has 2 rings (SSSR count). The molecule has 1 heterocycles. The maximum Gasteiger partial charge on any atom is 0.161 e. The molecule has 0 aliphatic carbocycles. The highest BCUT2D eigenvalue weighted by Gasteiger charge is 2.07. The molecule has 0 fully saturated rings. The zero-order valence-corrected chi connectivity index (χ0v) is 9.72. The van der Waals surface area contributed by atoms with Gasteiger partial charge in [0.15, 0.2) is 5.82 Å². The van der Waals surface area contributed by atoms with E-state index in [-0.39, 0.29) is 5.82 Å². The fourth-order valence-corrected chi connectivity index (χ4v) is 1.54. The van der Waals surface area contributed by atoms with E-state index in [0.29, 0.717) is 11.0 Å². The second-order valence-corrected chi connectivity index (χ2v) is 3.91. The number of nitrogens with zero attached hydrogens (tertiary/aromatic N) is 2. The average molecular weight is 237 g/mol. The fourth-order valence-electron chi connectivity index (χ4n) is 1.32. The number of aromatic nitrogens is 2. The van der Waals surface area contributed by atoms with Crippen LogP contribution in [0, 0.1) is 19.7 Å². The molecule has 0 aliphatic rings. The lowest BCUT2D eigenvalue weighted by atomic mass is 10.2. The molecule has 1 aromatic carbocycles. The molecule has 4 heteroatoms. The maximum atomic E-state index is 12.8. The van der Waals surface area contributed by atoms with Crippen molar-refractivity contribution in [2.75, 3.05) is 0 Å². The van der Waals surface area contributed by atoms with Crippen molar-refractivity contribution in [3.63, 3.8) is 0 Å². The molecule has 2 aromatic rings. The van der Waals surface area contributed by atoms with E-state index in [0.717, 1.165) is 16.8 Å². The van der Waals surface area contributed by atoms with Crippen LogP contribution in [0.15, 0.2) is 24.3 Å². The van der Waals surface area contributed by atoms with Gasteiger partial charge in [-0.15, -0.1) is 0 Å². The van der Waals surface area contributed by atoms with E-state index in [1.54, 1.807) is 12.1 Å². The molecule has 0 saturated heterocycles. The summed E-state index contributed by atoms with van der Waals surface area (Å²) in [6.45, 7) is 3.74. The first kappa shape index (κ1) is 11.0. The molecule has 0 atom stereocenters. The second kappa shape index (κ2) is 4.18.